The molecule has 3 aromatic heterocycles. The number of amides is 1. The Morgan fingerprint density at radius 1 is 1.15 bits per heavy atom. The van der Waals surface area contributed by atoms with Crippen molar-refractivity contribution >= 4 is 22.9 Å². The van der Waals surface area contributed by atoms with E-state index in [-0.39, 0.29) is 5.91 Å². The van der Waals surface area contributed by atoms with Crippen LogP contribution in [0.25, 0.3) is 17.1 Å². The SMILES string of the molecule is Cc1nc(-c2ccc(NC(=O)c3cnn(C)c3-n3cccc3)cc2)cs1. The van der Waals surface area contributed by atoms with Gasteiger partial charge in [0, 0.05) is 36.1 Å². The van der Waals surface area contributed by atoms with Crippen molar-refractivity contribution in [2.24, 2.45) is 7.05 Å². The highest BCUT2D eigenvalue weighted by Crippen LogP contribution is 2.23. The van der Waals surface area contributed by atoms with Crippen molar-refractivity contribution in [3.8, 4) is 17.1 Å². The standard InChI is InChI=1S/C19H17N5OS/c1-13-21-17(12-26-13)14-5-7-15(8-6-14)22-18(25)16-11-20-23(2)19(16)24-9-3-4-10-24/h3-12H,1-2H3,(H,22,25). The maximum Gasteiger partial charge on any atom is 0.261 e. The molecule has 0 fully saturated rings. The van der Waals surface area contributed by atoms with Gasteiger partial charge in [-0.15, -0.1) is 11.3 Å². The largest absolute Gasteiger partial charge is 0.322 e. The van der Waals surface area contributed by atoms with Crippen LogP contribution in [0.1, 0.15) is 15.4 Å². The maximum absolute atomic E-state index is 12.7. The number of nitrogens with one attached hydrogen (secondary N) is 1. The number of rotatable bonds is 4. The Bertz CT molecular complexity index is 1040. The van der Waals surface area contributed by atoms with Gasteiger partial charge < -0.3 is 9.88 Å². The molecule has 0 saturated carbocycles. The van der Waals surface area contributed by atoms with Gasteiger partial charge in [-0.25, -0.2) is 4.98 Å². The highest BCUT2D eigenvalue weighted by atomic mass is 32.1. The van der Waals surface area contributed by atoms with Gasteiger partial charge in [0.15, 0.2) is 0 Å². The highest BCUT2D eigenvalue weighted by molar-refractivity contribution is 7.09. The van der Waals surface area contributed by atoms with Crippen molar-refractivity contribution in [2.75, 3.05) is 5.32 Å². The second-order valence-electron chi connectivity index (χ2n) is 5.88. The molecule has 6 nitrogen and oxygen atoms in total. The Hall–Kier alpha value is -3.19. The van der Waals surface area contributed by atoms with E-state index in [9.17, 15) is 4.79 Å². The first-order valence-corrected chi connectivity index (χ1v) is 8.99. The third-order valence-corrected chi connectivity index (χ3v) is 4.83. The van der Waals surface area contributed by atoms with Gasteiger partial charge in [-0.2, -0.15) is 5.10 Å². The minimum atomic E-state index is -0.195. The molecule has 0 aliphatic carbocycles. The lowest BCUT2D eigenvalue weighted by molar-refractivity contribution is 0.102. The summed E-state index contributed by atoms with van der Waals surface area (Å²) in [7, 11) is 1.82. The van der Waals surface area contributed by atoms with Crippen LogP contribution in [0.4, 0.5) is 5.69 Å². The lowest BCUT2D eigenvalue weighted by Gasteiger charge is -2.09. The second kappa shape index (κ2) is 6.61. The summed E-state index contributed by atoms with van der Waals surface area (Å²) in [5.74, 6) is 0.529. The predicted octanol–water partition coefficient (Wildman–Crippen LogP) is 3.90. The van der Waals surface area contributed by atoms with E-state index >= 15 is 0 Å². The minimum Gasteiger partial charge on any atom is -0.322 e. The summed E-state index contributed by atoms with van der Waals surface area (Å²) >= 11 is 1.62. The fourth-order valence-electron chi connectivity index (χ4n) is 2.79. The van der Waals surface area contributed by atoms with Crippen molar-refractivity contribution < 1.29 is 4.79 Å². The summed E-state index contributed by atoms with van der Waals surface area (Å²) in [5.41, 5.74) is 3.23. The molecule has 0 unspecified atom stereocenters. The number of nitrogens with zero attached hydrogens (tertiary/aromatic N) is 4. The lowest BCUT2D eigenvalue weighted by Crippen LogP contribution is -2.14. The molecule has 0 saturated heterocycles. The Labute approximate surface area is 154 Å². The molecule has 0 atom stereocenters. The molecule has 1 amide bonds. The zero-order chi connectivity index (χ0) is 18.1. The zero-order valence-corrected chi connectivity index (χ0v) is 15.2. The van der Waals surface area contributed by atoms with E-state index < -0.39 is 0 Å². The molecule has 0 bridgehead atoms. The monoisotopic (exact) mass is 363 g/mol. The summed E-state index contributed by atoms with van der Waals surface area (Å²) < 4.78 is 3.55. The number of benzene rings is 1. The first-order chi connectivity index (χ1) is 12.6. The van der Waals surface area contributed by atoms with Crippen molar-refractivity contribution in [1.29, 1.82) is 0 Å². The molecule has 0 radical (unpaired) electrons. The van der Waals surface area contributed by atoms with Crippen LogP contribution in [0.5, 0.6) is 0 Å². The topological polar surface area (TPSA) is 64.7 Å². The number of thiazole rings is 1. The van der Waals surface area contributed by atoms with Crippen molar-refractivity contribution in [3.05, 3.63) is 70.9 Å². The maximum atomic E-state index is 12.7. The van der Waals surface area contributed by atoms with Crippen LogP contribution >= 0.6 is 11.3 Å². The molecule has 130 valence electrons. The minimum absolute atomic E-state index is 0.195. The fraction of sp³-hybridized carbons (Fsp3) is 0.105. The summed E-state index contributed by atoms with van der Waals surface area (Å²) in [6.45, 7) is 1.99. The number of anilines is 1. The van der Waals surface area contributed by atoms with Crippen LogP contribution in [-0.2, 0) is 7.05 Å². The Kier molecular flexibility index (Phi) is 4.14. The van der Waals surface area contributed by atoms with E-state index in [1.807, 2.05) is 72.7 Å². The van der Waals surface area contributed by atoms with E-state index in [1.54, 1.807) is 22.2 Å². The summed E-state index contributed by atoms with van der Waals surface area (Å²) in [6, 6.07) is 11.5. The van der Waals surface area contributed by atoms with Gasteiger partial charge in [-0.05, 0) is 31.2 Å². The van der Waals surface area contributed by atoms with E-state index in [2.05, 4.69) is 15.4 Å². The molecular formula is C19H17N5OS. The van der Waals surface area contributed by atoms with Gasteiger partial charge in [0.25, 0.3) is 5.91 Å². The van der Waals surface area contributed by atoms with Gasteiger partial charge in [-0.3, -0.25) is 9.48 Å². The molecule has 0 spiro atoms. The zero-order valence-electron chi connectivity index (χ0n) is 14.4. The van der Waals surface area contributed by atoms with Crippen molar-refractivity contribution in [2.45, 2.75) is 6.92 Å². The molecule has 26 heavy (non-hydrogen) atoms. The Balaban J connectivity index is 1.56. The number of carbonyl (C=O) groups excluding carboxylic acids is 1. The molecule has 1 N–H and O–H groups in total. The van der Waals surface area contributed by atoms with Crippen LogP contribution in [0.15, 0.2) is 60.4 Å². The normalized spacial score (nSPS) is 10.8. The molecule has 4 aromatic rings. The van der Waals surface area contributed by atoms with Crippen LogP contribution in [-0.4, -0.2) is 25.2 Å². The van der Waals surface area contributed by atoms with Gasteiger partial charge in [0.05, 0.1) is 16.9 Å². The number of aryl methyl sites for hydroxylation is 2. The first-order valence-electron chi connectivity index (χ1n) is 8.11. The van der Waals surface area contributed by atoms with E-state index in [1.165, 1.54) is 0 Å². The molecule has 7 heteroatoms. The van der Waals surface area contributed by atoms with Gasteiger partial charge in [0.2, 0.25) is 0 Å². The average molecular weight is 363 g/mol. The van der Waals surface area contributed by atoms with Gasteiger partial charge >= 0.3 is 0 Å². The predicted molar refractivity (Wildman–Crippen MR) is 103 cm³/mol. The van der Waals surface area contributed by atoms with Crippen LogP contribution < -0.4 is 5.32 Å². The number of hydrogen-bond acceptors (Lipinski definition) is 4. The van der Waals surface area contributed by atoms with E-state index in [4.69, 9.17) is 0 Å². The van der Waals surface area contributed by atoms with E-state index in [0.717, 1.165) is 27.8 Å². The van der Waals surface area contributed by atoms with E-state index in [0.29, 0.717) is 5.56 Å². The molecule has 1 aromatic carbocycles. The second-order valence-corrected chi connectivity index (χ2v) is 6.94. The fourth-order valence-corrected chi connectivity index (χ4v) is 3.41. The third-order valence-electron chi connectivity index (χ3n) is 4.06. The molecule has 4 rings (SSSR count). The third kappa shape index (κ3) is 3.04. The average Bonchev–Trinajstić information content (AvgIpc) is 3.36. The molecule has 0 aliphatic heterocycles. The van der Waals surface area contributed by atoms with Crippen LogP contribution in [0.3, 0.4) is 0 Å². The molecule has 0 aliphatic rings. The van der Waals surface area contributed by atoms with Gasteiger partial charge in [-0.1, -0.05) is 12.1 Å². The van der Waals surface area contributed by atoms with Crippen molar-refractivity contribution in [3.63, 3.8) is 0 Å². The Morgan fingerprint density at radius 2 is 1.88 bits per heavy atom. The lowest BCUT2D eigenvalue weighted by atomic mass is 10.1. The summed E-state index contributed by atoms with van der Waals surface area (Å²) in [5, 5.41) is 10.2. The van der Waals surface area contributed by atoms with Crippen molar-refractivity contribution in [1.82, 2.24) is 19.3 Å². The van der Waals surface area contributed by atoms with Crippen LogP contribution in [0.2, 0.25) is 0 Å². The molecular weight excluding hydrogens is 346 g/mol. The van der Waals surface area contributed by atoms with Gasteiger partial charge in [0.1, 0.15) is 11.4 Å². The number of aromatic nitrogens is 4. The quantitative estimate of drug-likeness (QED) is 0.598. The first kappa shape index (κ1) is 16.3. The number of carbonyl (C=O) groups is 1. The highest BCUT2D eigenvalue weighted by Gasteiger charge is 2.17. The smallest absolute Gasteiger partial charge is 0.261 e. The molecule has 3 heterocycles. The summed E-state index contributed by atoms with van der Waals surface area (Å²) in [6.07, 6.45) is 5.36. The summed E-state index contributed by atoms with van der Waals surface area (Å²) in [4.78, 5) is 17.2. The number of hydrogen-bond donors (Lipinski definition) is 1. The van der Waals surface area contributed by atoms with Crippen LogP contribution in [0, 0.1) is 6.92 Å². The Morgan fingerprint density at radius 3 is 2.54 bits per heavy atom.